The van der Waals surface area contributed by atoms with Gasteiger partial charge >= 0.3 is 0 Å². The first-order valence-corrected chi connectivity index (χ1v) is 6.13. The van der Waals surface area contributed by atoms with Crippen molar-refractivity contribution < 1.29 is 9.47 Å². The molecule has 15 heavy (non-hydrogen) atoms. The Morgan fingerprint density at radius 1 is 1.13 bits per heavy atom. The van der Waals surface area contributed by atoms with E-state index in [1.807, 2.05) is 0 Å². The molecule has 2 aliphatic heterocycles. The van der Waals surface area contributed by atoms with Crippen LogP contribution in [0.15, 0.2) is 0 Å². The van der Waals surface area contributed by atoms with Gasteiger partial charge in [0.15, 0.2) is 0 Å². The molecule has 2 aliphatic carbocycles. The number of rotatable bonds is 1. The van der Waals surface area contributed by atoms with E-state index in [9.17, 15) is 0 Å². The van der Waals surface area contributed by atoms with Gasteiger partial charge in [-0.25, -0.2) is 0 Å². The number of hydrogen-bond donors (Lipinski definition) is 0. The topological polar surface area (TPSA) is 25.1 Å². The molecule has 2 nitrogen and oxygen atoms in total. The smallest absolute Gasteiger partial charge is 0.295 e. The van der Waals surface area contributed by atoms with E-state index < -0.39 is 5.79 Å². The van der Waals surface area contributed by atoms with E-state index in [4.69, 9.17) is 9.47 Å². The van der Waals surface area contributed by atoms with Crippen LogP contribution in [0.3, 0.4) is 0 Å². The van der Waals surface area contributed by atoms with Crippen molar-refractivity contribution in [3.05, 3.63) is 0 Å². The summed E-state index contributed by atoms with van der Waals surface area (Å²) >= 11 is 0. The summed E-state index contributed by atoms with van der Waals surface area (Å²) in [6.45, 7) is 2.32. The van der Waals surface area contributed by atoms with Crippen molar-refractivity contribution in [3.63, 3.8) is 0 Å². The van der Waals surface area contributed by atoms with Gasteiger partial charge in [0.2, 0.25) is 5.79 Å². The maximum atomic E-state index is 5.71. The predicted molar refractivity (Wildman–Crippen MR) is 54.7 cm³/mol. The van der Waals surface area contributed by atoms with Gasteiger partial charge in [-0.05, 0) is 24.7 Å². The van der Waals surface area contributed by atoms with Crippen molar-refractivity contribution in [1.82, 2.24) is 0 Å². The number of hydrogen-bond acceptors (Lipinski definition) is 2. The van der Waals surface area contributed by atoms with Gasteiger partial charge in [0, 0.05) is 11.8 Å². The zero-order valence-corrected chi connectivity index (χ0v) is 9.14. The fraction of sp³-hybridized carbons (Fsp3) is 0.846. The minimum atomic E-state index is -0.433. The SMILES string of the molecule is CC1(C2CCCCC2)CC#CC23OC21O3. The van der Waals surface area contributed by atoms with Crippen LogP contribution < -0.4 is 0 Å². The minimum absolute atomic E-state index is 0.165. The van der Waals surface area contributed by atoms with Crippen LogP contribution in [0, 0.1) is 23.2 Å². The monoisotopic (exact) mass is 204 g/mol. The van der Waals surface area contributed by atoms with Crippen LogP contribution in [0.4, 0.5) is 0 Å². The van der Waals surface area contributed by atoms with Crippen LogP contribution in [-0.4, -0.2) is 11.6 Å². The first-order valence-electron chi connectivity index (χ1n) is 6.13. The largest absolute Gasteiger partial charge is 0.296 e. The first kappa shape index (κ1) is 8.61. The highest BCUT2D eigenvalue weighted by atomic mass is 17.0. The summed E-state index contributed by atoms with van der Waals surface area (Å²) in [6.07, 6.45) is 7.77. The third kappa shape index (κ3) is 0.788. The summed E-state index contributed by atoms with van der Waals surface area (Å²) in [7, 11) is 0. The molecule has 3 fully saturated rings. The molecule has 2 saturated heterocycles. The average Bonchev–Trinajstić information content (AvgIpc) is 3.06. The van der Waals surface area contributed by atoms with Gasteiger partial charge in [-0.1, -0.05) is 32.1 Å². The third-order valence-electron chi connectivity index (χ3n) is 4.89. The summed E-state index contributed by atoms with van der Waals surface area (Å²) in [5, 5.41) is 0. The van der Waals surface area contributed by atoms with Crippen molar-refractivity contribution in [1.29, 1.82) is 0 Å². The number of epoxide rings is 2. The second-order valence-electron chi connectivity index (χ2n) is 5.67. The molecule has 2 heteroatoms. The van der Waals surface area contributed by atoms with E-state index in [2.05, 4.69) is 18.8 Å². The first-order chi connectivity index (χ1) is 7.23. The second kappa shape index (κ2) is 2.26. The van der Waals surface area contributed by atoms with Crippen molar-refractivity contribution in [2.45, 2.75) is 57.0 Å². The molecule has 0 amide bonds. The van der Waals surface area contributed by atoms with Gasteiger partial charge in [-0.2, -0.15) is 0 Å². The molecular formula is C13H16O2. The Bertz CT molecular complexity index is 377. The van der Waals surface area contributed by atoms with Crippen molar-refractivity contribution in [2.75, 3.05) is 0 Å². The third-order valence-corrected chi connectivity index (χ3v) is 4.89. The van der Waals surface area contributed by atoms with Crippen molar-refractivity contribution in [2.24, 2.45) is 11.3 Å². The Morgan fingerprint density at radius 3 is 2.60 bits per heavy atom. The number of ether oxygens (including phenoxy) is 2. The Hall–Kier alpha value is -0.520. The van der Waals surface area contributed by atoms with Crippen LogP contribution in [-0.2, 0) is 9.47 Å². The molecular weight excluding hydrogens is 188 g/mol. The molecule has 4 rings (SSSR count). The second-order valence-corrected chi connectivity index (χ2v) is 5.67. The Balaban J connectivity index is 1.68. The van der Waals surface area contributed by atoms with E-state index in [0.717, 1.165) is 12.3 Å². The maximum Gasteiger partial charge on any atom is 0.296 e. The highest BCUT2D eigenvalue weighted by Gasteiger charge is 2.98. The van der Waals surface area contributed by atoms with Gasteiger partial charge in [0.25, 0.3) is 5.79 Å². The quantitative estimate of drug-likeness (QED) is 0.484. The molecule has 1 unspecified atom stereocenters. The van der Waals surface area contributed by atoms with Crippen LogP contribution in [0.2, 0.25) is 0 Å². The summed E-state index contributed by atoms with van der Waals surface area (Å²) in [4.78, 5) is 0. The van der Waals surface area contributed by atoms with E-state index >= 15 is 0 Å². The maximum absolute atomic E-state index is 5.71. The lowest BCUT2D eigenvalue weighted by Gasteiger charge is -2.38. The Kier molecular flexibility index (Phi) is 1.30. The molecule has 4 aliphatic rings. The van der Waals surface area contributed by atoms with Gasteiger partial charge in [-0.3, -0.25) is 9.47 Å². The van der Waals surface area contributed by atoms with Gasteiger partial charge in [0.1, 0.15) is 0 Å². The zero-order chi connectivity index (χ0) is 10.1. The fourth-order valence-corrected chi connectivity index (χ4v) is 3.72. The molecule has 1 atom stereocenters. The van der Waals surface area contributed by atoms with Gasteiger partial charge < -0.3 is 0 Å². The normalized spacial score (nSPS) is 56.1. The van der Waals surface area contributed by atoms with Crippen molar-refractivity contribution >= 4 is 0 Å². The Labute approximate surface area is 90.3 Å². The molecule has 0 aromatic carbocycles. The van der Waals surface area contributed by atoms with E-state index in [1.54, 1.807) is 0 Å². The molecule has 0 aromatic heterocycles. The molecule has 0 radical (unpaired) electrons. The van der Waals surface area contributed by atoms with E-state index in [-0.39, 0.29) is 11.2 Å². The molecule has 2 heterocycles. The molecule has 80 valence electrons. The molecule has 0 N–H and O–H groups in total. The lowest BCUT2D eigenvalue weighted by Crippen LogP contribution is -2.39. The predicted octanol–water partition coefficient (Wildman–Crippen LogP) is 2.43. The zero-order valence-electron chi connectivity index (χ0n) is 9.14. The molecule has 0 aromatic rings. The van der Waals surface area contributed by atoms with Crippen LogP contribution in [0.1, 0.15) is 45.4 Å². The van der Waals surface area contributed by atoms with Crippen LogP contribution in [0.5, 0.6) is 0 Å². The van der Waals surface area contributed by atoms with Gasteiger partial charge in [0.05, 0.1) is 0 Å². The van der Waals surface area contributed by atoms with E-state index in [1.165, 1.54) is 32.1 Å². The van der Waals surface area contributed by atoms with Crippen LogP contribution >= 0.6 is 0 Å². The van der Waals surface area contributed by atoms with Crippen molar-refractivity contribution in [3.8, 4) is 11.8 Å². The van der Waals surface area contributed by atoms with Gasteiger partial charge in [-0.15, -0.1) is 0 Å². The van der Waals surface area contributed by atoms with Crippen LogP contribution in [0.25, 0.3) is 0 Å². The molecule has 0 bridgehead atoms. The highest BCUT2D eigenvalue weighted by molar-refractivity contribution is 5.43. The fourth-order valence-electron chi connectivity index (χ4n) is 3.72. The lowest BCUT2D eigenvalue weighted by atomic mass is 9.64. The molecule has 0 spiro atoms. The summed E-state index contributed by atoms with van der Waals surface area (Å²) in [6, 6.07) is 0. The highest BCUT2D eigenvalue weighted by Crippen LogP contribution is 2.78. The lowest BCUT2D eigenvalue weighted by molar-refractivity contribution is -0.141. The molecule has 1 saturated carbocycles. The summed E-state index contributed by atoms with van der Waals surface area (Å²) in [5.74, 6) is 6.39. The standard InChI is InChI=1S/C13H16O2/c1-11(10-6-3-2-4-7-10)8-5-9-12-13(11,14-12)15-12/h10H,2-4,6-8H2,1H3. The summed E-state index contributed by atoms with van der Waals surface area (Å²) < 4.78 is 11.4. The minimum Gasteiger partial charge on any atom is -0.295 e. The summed E-state index contributed by atoms with van der Waals surface area (Å²) in [5.41, 5.74) is 0.165. The Morgan fingerprint density at radius 2 is 1.87 bits per heavy atom. The average molecular weight is 204 g/mol. The van der Waals surface area contributed by atoms with E-state index in [0.29, 0.717) is 0 Å².